The fraction of sp³-hybridized carbons (Fsp3) is 0.0769. The molecule has 0 heterocycles. The average molecular weight is 233 g/mol. The molecule has 3 nitrogen and oxygen atoms in total. The second kappa shape index (κ2) is 4.74. The minimum atomic E-state index is -0.381. The van der Waals surface area contributed by atoms with E-state index in [1.165, 1.54) is 18.2 Å². The van der Waals surface area contributed by atoms with Gasteiger partial charge < -0.3 is 15.6 Å². The Morgan fingerprint density at radius 1 is 1.18 bits per heavy atom. The zero-order chi connectivity index (χ0) is 12.3. The lowest BCUT2D eigenvalue weighted by atomic mass is 10.2. The Kier molecular flexibility index (Phi) is 3.14. The molecular weight excluding hydrogens is 221 g/mol. The number of aromatic hydroxyl groups is 1. The standard InChI is InChI=1S/C13H12FNO2/c14-10-6-5-9(11(15)7-10)8-17-13-4-2-1-3-12(13)16/h1-7,16H,8,15H2. The first-order valence-corrected chi connectivity index (χ1v) is 5.11. The first-order valence-electron chi connectivity index (χ1n) is 5.11. The normalized spacial score (nSPS) is 10.2. The summed E-state index contributed by atoms with van der Waals surface area (Å²) in [5.74, 6) is 0.0539. The number of rotatable bonds is 3. The molecule has 2 aromatic rings. The second-order valence-corrected chi connectivity index (χ2v) is 3.60. The van der Waals surface area contributed by atoms with Crippen molar-refractivity contribution in [1.82, 2.24) is 0 Å². The van der Waals surface area contributed by atoms with Gasteiger partial charge in [-0.2, -0.15) is 0 Å². The highest BCUT2D eigenvalue weighted by molar-refractivity contribution is 5.47. The Bertz CT molecular complexity index is 529. The summed E-state index contributed by atoms with van der Waals surface area (Å²) in [5, 5.41) is 9.49. The number of para-hydroxylation sites is 2. The number of ether oxygens (including phenoxy) is 1. The SMILES string of the molecule is Nc1cc(F)ccc1COc1ccccc1O. The van der Waals surface area contributed by atoms with E-state index in [9.17, 15) is 9.50 Å². The summed E-state index contributed by atoms with van der Waals surface area (Å²) in [7, 11) is 0. The lowest BCUT2D eigenvalue weighted by molar-refractivity contribution is 0.289. The number of anilines is 1. The molecule has 0 radical (unpaired) electrons. The molecule has 0 aliphatic carbocycles. The summed E-state index contributed by atoms with van der Waals surface area (Å²) in [6.07, 6.45) is 0. The Labute approximate surface area is 98.3 Å². The maximum absolute atomic E-state index is 12.8. The van der Waals surface area contributed by atoms with Crippen molar-refractivity contribution in [3.05, 3.63) is 53.8 Å². The lowest BCUT2D eigenvalue weighted by Crippen LogP contribution is -2.00. The van der Waals surface area contributed by atoms with Crippen LogP contribution in [-0.2, 0) is 6.61 Å². The van der Waals surface area contributed by atoms with Crippen LogP contribution in [0, 0.1) is 5.82 Å². The number of halogens is 1. The summed E-state index contributed by atoms with van der Waals surface area (Å²) < 4.78 is 18.2. The molecule has 3 N–H and O–H groups in total. The summed E-state index contributed by atoms with van der Waals surface area (Å²) in [5.41, 5.74) is 6.65. The van der Waals surface area contributed by atoms with Gasteiger partial charge in [-0.15, -0.1) is 0 Å². The fourth-order valence-electron chi connectivity index (χ4n) is 1.43. The Balaban J connectivity index is 2.10. The zero-order valence-corrected chi connectivity index (χ0v) is 9.06. The van der Waals surface area contributed by atoms with Crippen molar-refractivity contribution in [2.24, 2.45) is 0 Å². The van der Waals surface area contributed by atoms with Crippen LogP contribution in [0.2, 0.25) is 0 Å². The van der Waals surface area contributed by atoms with Crippen LogP contribution in [-0.4, -0.2) is 5.11 Å². The fourth-order valence-corrected chi connectivity index (χ4v) is 1.43. The Hall–Kier alpha value is -2.23. The van der Waals surface area contributed by atoms with Gasteiger partial charge in [-0.05, 0) is 24.3 Å². The molecular formula is C13H12FNO2. The molecule has 0 amide bonds. The van der Waals surface area contributed by atoms with Gasteiger partial charge in [0, 0.05) is 11.3 Å². The monoisotopic (exact) mass is 233 g/mol. The highest BCUT2D eigenvalue weighted by Crippen LogP contribution is 2.26. The molecule has 0 aromatic heterocycles. The van der Waals surface area contributed by atoms with Crippen molar-refractivity contribution in [3.63, 3.8) is 0 Å². The van der Waals surface area contributed by atoms with Gasteiger partial charge in [-0.1, -0.05) is 18.2 Å². The van der Waals surface area contributed by atoms with Crippen LogP contribution in [0.3, 0.4) is 0 Å². The van der Waals surface area contributed by atoms with Gasteiger partial charge in [-0.25, -0.2) is 4.39 Å². The van der Waals surface area contributed by atoms with E-state index in [0.717, 1.165) is 0 Å². The highest BCUT2D eigenvalue weighted by atomic mass is 19.1. The third-order valence-corrected chi connectivity index (χ3v) is 2.36. The molecule has 0 aliphatic rings. The predicted octanol–water partition coefficient (Wildman–Crippen LogP) is 2.69. The minimum absolute atomic E-state index is 0.0631. The first kappa shape index (κ1) is 11.3. The molecule has 0 saturated carbocycles. The van der Waals surface area contributed by atoms with Crippen LogP contribution in [0.4, 0.5) is 10.1 Å². The molecule has 0 fully saturated rings. The van der Waals surface area contributed by atoms with E-state index in [1.807, 2.05) is 0 Å². The number of phenolic OH excluding ortho intramolecular Hbond substituents is 1. The van der Waals surface area contributed by atoms with Crippen LogP contribution in [0.25, 0.3) is 0 Å². The number of benzene rings is 2. The van der Waals surface area contributed by atoms with Crippen molar-refractivity contribution in [2.75, 3.05) is 5.73 Å². The average Bonchev–Trinajstić information content (AvgIpc) is 2.30. The molecule has 0 aliphatic heterocycles. The number of nitrogen functional groups attached to an aromatic ring is 1. The summed E-state index contributed by atoms with van der Waals surface area (Å²) in [6, 6.07) is 10.8. The summed E-state index contributed by atoms with van der Waals surface area (Å²) in [4.78, 5) is 0. The van der Waals surface area contributed by atoms with Crippen molar-refractivity contribution in [1.29, 1.82) is 0 Å². The number of hydrogen-bond acceptors (Lipinski definition) is 3. The van der Waals surface area contributed by atoms with E-state index >= 15 is 0 Å². The van der Waals surface area contributed by atoms with Gasteiger partial charge in [0.1, 0.15) is 12.4 Å². The third-order valence-electron chi connectivity index (χ3n) is 2.36. The van der Waals surface area contributed by atoms with Gasteiger partial charge >= 0.3 is 0 Å². The summed E-state index contributed by atoms with van der Waals surface area (Å²) in [6.45, 7) is 0.184. The molecule has 17 heavy (non-hydrogen) atoms. The van der Waals surface area contributed by atoms with E-state index in [1.54, 1.807) is 24.3 Å². The highest BCUT2D eigenvalue weighted by Gasteiger charge is 2.04. The van der Waals surface area contributed by atoms with Gasteiger partial charge in [0.05, 0.1) is 0 Å². The molecule has 0 bridgehead atoms. The van der Waals surface area contributed by atoms with Crippen LogP contribution < -0.4 is 10.5 Å². The smallest absolute Gasteiger partial charge is 0.161 e. The maximum atomic E-state index is 12.8. The zero-order valence-electron chi connectivity index (χ0n) is 9.06. The Morgan fingerprint density at radius 3 is 2.65 bits per heavy atom. The van der Waals surface area contributed by atoms with Crippen molar-refractivity contribution >= 4 is 5.69 Å². The lowest BCUT2D eigenvalue weighted by Gasteiger charge is -2.09. The van der Waals surface area contributed by atoms with Crippen LogP contribution in [0.1, 0.15) is 5.56 Å². The van der Waals surface area contributed by atoms with Gasteiger partial charge in [0.2, 0.25) is 0 Å². The molecule has 0 spiro atoms. The topological polar surface area (TPSA) is 55.5 Å². The maximum Gasteiger partial charge on any atom is 0.161 e. The predicted molar refractivity (Wildman–Crippen MR) is 63.3 cm³/mol. The molecule has 0 saturated heterocycles. The minimum Gasteiger partial charge on any atom is -0.504 e. The van der Waals surface area contributed by atoms with E-state index in [4.69, 9.17) is 10.5 Å². The van der Waals surface area contributed by atoms with Crippen LogP contribution in [0.5, 0.6) is 11.5 Å². The van der Waals surface area contributed by atoms with Crippen LogP contribution >= 0.6 is 0 Å². The molecule has 2 aromatic carbocycles. The van der Waals surface area contributed by atoms with E-state index < -0.39 is 0 Å². The first-order chi connectivity index (χ1) is 8.16. The number of hydrogen-bond donors (Lipinski definition) is 2. The Morgan fingerprint density at radius 2 is 1.94 bits per heavy atom. The molecule has 0 atom stereocenters. The van der Waals surface area contributed by atoms with Crippen molar-refractivity contribution in [2.45, 2.75) is 6.61 Å². The van der Waals surface area contributed by atoms with Gasteiger partial charge in [0.15, 0.2) is 11.5 Å². The van der Waals surface area contributed by atoms with Crippen molar-refractivity contribution in [3.8, 4) is 11.5 Å². The molecule has 0 unspecified atom stereocenters. The van der Waals surface area contributed by atoms with Gasteiger partial charge in [-0.3, -0.25) is 0 Å². The molecule has 4 heteroatoms. The second-order valence-electron chi connectivity index (χ2n) is 3.60. The largest absolute Gasteiger partial charge is 0.504 e. The van der Waals surface area contributed by atoms with Gasteiger partial charge in [0.25, 0.3) is 0 Å². The number of phenols is 1. The molecule has 2 rings (SSSR count). The van der Waals surface area contributed by atoms with E-state index in [2.05, 4.69) is 0 Å². The summed E-state index contributed by atoms with van der Waals surface area (Å²) >= 11 is 0. The quantitative estimate of drug-likeness (QED) is 0.801. The third kappa shape index (κ3) is 2.66. The van der Waals surface area contributed by atoms with E-state index in [-0.39, 0.29) is 18.2 Å². The molecule has 88 valence electrons. The van der Waals surface area contributed by atoms with E-state index in [0.29, 0.717) is 17.0 Å². The number of nitrogens with two attached hydrogens (primary N) is 1. The van der Waals surface area contributed by atoms with Crippen molar-refractivity contribution < 1.29 is 14.2 Å². The van der Waals surface area contributed by atoms with Crippen LogP contribution in [0.15, 0.2) is 42.5 Å².